The van der Waals surface area contributed by atoms with Crippen molar-refractivity contribution < 1.29 is 57.4 Å². The molecule has 0 aliphatic rings. The zero-order chi connectivity index (χ0) is 44.0. The number of carbonyl (C=O) groups excluding carboxylic acids is 9. The number of hydrogen-bond acceptors (Lipinski definition) is 13. The lowest BCUT2D eigenvalue weighted by atomic mass is 10.1. The molecule has 0 aliphatic heterocycles. The lowest BCUT2D eigenvalue weighted by Gasteiger charge is -2.25. The number of nitrogens with one attached hydrogen (secondary N) is 9. The summed E-state index contributed by atoms with van der Waals surface area (Å²) < 4.78 is 15.5. The van der Waals surface area contributed by atoms with Crippen LogP contribution in [0.4, 0.5) is 14.4 Å². The molecule has 0 unspecified atom stereocenters. The third-order valence-electron chi connectivity index (χ3n) is 6.92. The zero-order valence-electron chi connectivity index (χ0n) is 35.1. The molecule has 0 heterocycles. The van der Waals surface area contributed by atoms with Crippen molar-refractivity contribution in [1.29, 1.82) is 0 Å². The maximum atomic E-state index is 13.4. The van der Waals surface area contributed by atoms with E-state index in [1.807, 2.05) is 0 Å². The minimum absolute atomic E-state index is 0.00897. The molecule has 0 aromatic heterocycles. The fraction of sp³-hybridized carbons (Fsp3) is 0.750. The smallest absolute Gasteiger partial charge is 0.407 e. The highest BCUT2D eigenvalue weighted by Crippen LogP contribution is 2.08. The van der Waals surface area contributed by atoms with Crippen LogP contribution in [0.25, 0.3) is 0 Å². The number of ether oxygens (including phenoxy) is 3. The van der Waals surface area contributed by atoms with Crippen LogP contribution >= 0.6 is 0 Å². The van der Waals surface area contributed by atoms with Crippen LogP contribution in [0.15, 0.2) is 0 Å². The molecule has 0 spiro atoms. The number of carbonyl (C=O) groups is 9. The Morgan fingerprint density at radius 3 is 1.30 bits per heavy atom. The SMILES string of the molecule is CC[C@H](NC(=O)CNC(=O)[C@H](CCNC(=O)OC(C)(C)C)NC(=O)CNC)C(=O)N[C@@H](CCNC(=O)OC(C)(C)C)C(=O)N[C@H](C=O)CCNC(=O)OC(C)(C)C. The normalized spacial score (nSPS) is 13.5. The van der Waals surface area contributed by atoms with Crippen LogP contribution in [0.1, 0.15) is 94.9 Å². The molecule has 21 nitrogen and oxygen atoms in total. The molecule has 57 heavy (non-hydrogen) atoms. The first kappa shape index (κ1) is 51.8. The minimum Gasteiger partial charge on any atom is -0.444 e. The van der Waals surface area contributed by atoms with Crippen molar-refractivity contribution in [3.8, 4) is 0 Å². The Kier molecular flexibility index (Phi) is 22.8. The molecular weight excluding hydrogens is 750 g/mol. The molecule has 4 atom stereocenters. The van der Waals surface area contributed by atoms with Crippen LogP contribution < -0.4 is 47.9 Å². The second-order valence-electron chi connectivity index (χ2n) is 15.9. The number of rotatable bonds is 22. The van der Waals surface area contributed by atoms with Gasteiger partial charge in [0.25, 0.3) is 0 Å². The van der Waals surface area contributed by atoms with Gasteiger partial charge in [-0.2, -0.15) is 0 Å². The van der Waals surface area contributed by atoms with E-state index in [9.17, 15) is 43.2 Å². The van der Waals surface area contributed by atoms with Crippen LogP contribution in [0.2, 0.25) is 0 Å². The van der Waals surface area contributed by atoms with E-state index in [4.69, 9.17) is 14.2 Å². The Balaban J connectivity index is 5.64. The van der Waals surface area contributed by atoms with Gasteiger partial charge in [0.2, 0.25) is 29.5 Å². The van der Waals surface area contributed by atoms with Crippen LogP contribution in [0, 0.1) is 0 Å². The summed E-state index contributed by atoms with van der Waals surface area (Å²) in [7, 11) is 1.54. The quantitative estimate of drug-likeness (QED) is 0.0498. The lowest BCUT2D eigenvalue weighted by Crippen LogP contribution is -2.57. The third kappa shape index (κ3) is 26.3. The van der Waals surface area contributed by atoms with E-state index in [0.717, 1.165) is 0 Å². The molecule has 0 aromatic rings. The van der Waals surface area contributed by atoms with Crippen molar-refractivity contribution in [3.63, 3.8) is 0 Å². The van der Waals surface area contributed by atoms with Gasteiger partial charge in [0.05, 0.1) is 19.1 Å². The summed E-state index contributed by atoms with van der Waals surface area (Å²) >= 11 is 0. The summed E-state index contributed by atoms with van der Waals surface area (Å²) in [6.07, 6.45) is -1.88. The molecule has 0 saturated carbocycles. The summed E-state index contributed by atoms with van der Waals surface area (Å²) in [5.41, 5.74) is -2.30. The van der Waals surface area contributed by atoms with Gasteiger partial charge in [-0.1, -0.05) is 6.92 Å². The first-order valence-corrected chi connectivity index (χ1v) is 18.8. The summed E-state index contributed by atoms with van der Waals surface area (Å²) in [6, 6.07) is -4.71. The van der Waals surface area contributed by atoms with E-state index in [1.165, 1.54) is 7.05 Å². The van der Waals surface area contributed by atoms with Gasteiger partial charge in [0.1, 0.15) is 41.2 Å². The number of alkyl carbamates (subject to hydrolysis) is 3. The van der Waals surface area contributed by atoms with Gasteiger partial charge in [-0.25, -0.2) is 14.4 Å². The maximum absolute atomic E-state index is 13.4. The zero-order valence-corrected chi connectivity index (χ0v) is 35.1. The van der Waals surface area contributed by atoms with E-state index in [0.29, 0.717) is 6.29 Å². The molecule has 326 valence electrons. The molecule has 21 heteroatoms. The fourth-order valence-corrected chi connectivity index (χ4v) is 4.47. The third-order valence-corrected chi connectivity index (χ3v) is 6.92. The minimum atomic E-state index is -1.31. The molecule has 0 saturated heterocycles. The van der Waals surface area contributed by atoms with Crippen molar-refractivity contribution in [3.05, 3.63) is 0 Å². The predicted octanol–water partition coefficient (Wildman–Crippen LogP) is -0.385. The predicted molar refractivity (Wildman–Crippen MR) is 208 cm³/mol. The first-order valence-electron chi connectivity index (χ1n) is 18.8. The van der Waals surface area contributed by atoms with Crippen LogP contribution in [0.3, 0.4) is 0 Å². The topological polar surface area (TPSA) is 290 Å². The highest BCUT2D eigenvalue weighted by atomic mass is 16.6. The molecule has 8 amide bonds. The van der Waals surface area contributed by atoms with Gasteiger partial charge < -0.3 is 66.9 Å². The van der Waals surface area contributed by atoms with Crippen LogP contribution in [0.5, 0.6) is 0 Å². The molecule has 0 bridgehead atoms. The molecule has 0 rings (SSSR count). The number of hydrogen-bond donors (Lipinski definition) is 9. The largest absolute Gasteiger partial charge is 0.444 e. The van der Waals surface area contributed by atoms with Crippen molar-refractivity contribution in [2.24, 2.45) is 0 Å². The molecular formula is C36H65N9O12. The maximum Gasteiger partial charge on any atom is 0.407 e. The van der Waals surface area contributed by atoms with E-state index in [1.54, 1.807) is 69.2 Å². The Morgan fingerprint density at radius 1 is 0.509 bits per heavy atom. The molecule has 0 radical (unpaired) electrons. The monoisotopic (exact) mass is 815 g/mol. The molecule has 9 N–H and O–H groups in total. The van der Waals surface area contributed by atoms with E-state index in [-0.39, 0.29) is 51.9 Å². The van der Waals surface area contributed by atoms with Crippen molar-refractivity contribution >= 4 is 54.1 Å². The molecule has 0 fully saturated rings. The Morgan fingerprint density at radius 2 is 0.895 bits per heavy atom. The van der Waals surface area contributed by atoms with E-state index >= 15 is 0 Å². The van der Waals surface area contributed by atoms with Crippen molar-refractivity contribution in [2.75, 3.05) is 39.8 Å². The van der Waals surface area contributed by atoms with Gasteiger partial charge in [-0.15, -0.1) is 0 Å². The summed E-state index contributed by atoms with van der Waals surface area (Å²) in [5.74, 6) is -3.60. The highest BCUT2D eigenvalue weighted by molar-refractivity contribution is 5.94. The lowest BCUT2D eigenvalue weighted by molar-refractivity contribution is -0.133. The average Bonchev–Trinajstić information content (AvgIpc) is 3.05. The van der Waals surface area contributed by atoms with Gasteiger partial charge >= 0.3 is 18.3 Å². The van der Waals surface area contributed by atoms with Gasteiger partial charge in [-0.3, -0.25) is 24.0 Å². The summed E-state index contributed by atoms with van der Waals surface area (Å²) in [4.78, 5) is 113. The average molecular weight is 816 g/mol. The summed E-state index contributed by atoms with van der Waals surface area (Å²) in [5, 5.41) is 22.6. The van der Waals surface area contributed by atoms with Gasteiger partial charge in [0.15, 0.2) is 0 Å². The fourth-order valence-electron chi connectivity index (χ4n) is 4.47. The van der Waals surface area contributed by atoms with Crippen LogP contribution in [-0.2, 0) is 43.0 Å². The highest BCUT2D eigenvalue weighted by Gasteiger charge is 2.29. The van der Waals surface area contributed by atoms with Gasteiger partial charge in [-0.05, 0) is 95.0 Å². The van der Waals surface area contributed by atoms with Crippen LogP contribution in [-0.4, -0.2) is 135 Å². The standard InChI is InChI=1S/C36H65N9O12/c1-12-23(43-27(48)20-41-28(49)24(44-26(47)19-37-11)14-17-39-32(53)56-35(5,6)7)29(50)45-25(15-18-40-33(54)57-36(8,9)10)30(51)42-22(21-46)13-16-38-31(52)55-34(2,3)4/h21-25,37H,12-20H2,1-11H3,(H,38,52)(H,39,53)(H,40,54)(H,41,49)(H,42,51)(H,43,48)(H,44,47)(H,45,50)/t22-,23-,24-,25-/m0/s1. The van der Waals surface area contributed by atoms with Crippen molar-refractivity contribution in [2.45, 2.75) is 136 Å². The van der Waals surface area contributed by atoms with Crippen molar-refractivity contribution in [1.82, 2.24) is 47.9 Å². The van der Waals surface area contributed by atoms with Gasteiger partial charge in [0, 0.05) is 19.6 Å². The number of aldehydes is 1. The first-order chi connectivity index (χ1) is 26.3. The number of likely N-dealkylation sites (N-methyl/N-ethyl adjacent to an activating group) is 1. The number of amides is 8. The molecule has 0 aromatic carbocycles. The van der Waals surface area contributed by atoms with E-state index in [2.05, 4.69) is 47.9 Å². The summed E-state index contributed by atoms with van der Waals surface area (Å²) in [6.45, 7) is 15.8. The second kappa shape index (κ2) is 25.1. The Hall–Kier alpha value is -5.21. The van der Waals surface area contributed by atoms with E-state index < -0.39 is 95.3 Å². The molecule has 0 aliphatic carbocycles. The Labute approximate surface area is 334 Å². The Bertz CT molecular complexity index is 1370. The second-order valence-corrected chi connectivity index (χ2v) is 15.9.